The Labute approximate surface area is 273 Å². The number of aromatic nitrogens is 2. The zero-order chi connectivity index (χ0) is 33.6. The summed E-state index contributed by atoms with van der Waals surface area (Å²) < 4.78 is 3.96. The maximum Gasteiger partial charge on any atom is 0.197 e. The second kappa shape index (κ2) is 9.04. The number of rotatable bonds is 0. The minimum absolute atomic E-state index is 0.125. The van der Waals surface area contributed by atoms with Gasteiger partial charge in [0.05, 0.1) is 33.1 Å². The summed E-state index contributed by atoms with van der Waals surface area (Å²) in [6.45, 7) is 12.5. The van der Waals surface area contributed by atoms with Gasteiger partial charge in [-0.05, 0) is 82.6 Å². The van der Waals surface area contributed by atoms with Crippen LogP contribution in [0.2, 0.25) is 0 Å². The molecule has 9 rings (SSSR count). The number of pyridine rings is 4. The summed E-state index contributed by atoms with van der Waals surface area (Å²) in [5, 5.41) is 3.79. The predicted molar refractivity (Wildman–Crippen MR) is 198 cm³/mol. The van der Waals surface area contributed by atoms with Gasteiger partial charge in [-0.25, -0.2) is 0 Å². The monoisotopic (exact) mass is 628 g/mol. The van der Waals surface area contributed by atoms with Crippen molar-refractivity contribution in [3.05, 3.63) is 137 Å². The van der Waals surface area contributed by atoms with Crippen LogP contribution in [0.5, 0.6) is 0 Å². The highest BCUT2D eigenvalue weighted by Gasteiger charge is 2.25. The molecule has 0 saturated heterocycles. The molecule has 48 heavy (non-hydrogen) atoms. The fraction of sp³-hybridized carbons (Fsp3) is 0.190. The van der Waals surface area contributed by atoms with Crippen molar-refractivity contribution < 1.29 is 0 Å². The smallest absolute Gasteiger partial charge is 0.197 e. The molecule has 0 radical (unpaired) electrons. The van der Waals surface area contributed by atoms with Crippen molar-refractivity contribution in [3.63, 3.8) is 0 Å². The SMILES string of the molecule is CC(C)(C)c1ccc2c(c1)c(=O)c1cccc3c(=O)c4cc5c(cc4n2c13)c(=O)c1cc(C(C)(C)C)cc2c(=O)c3ccccc3n5c21. The van der Waals surface area contributed by atoms with E-state index in [0.717, 1.165) is 11.1 Å². The van der Waals surface area contributed by atoms with Crippen LogP contribution >= 0.6 is 0 Å². The molecule has 0 saturated carbocycles. The molecule has 234 valence electrons. The Kier molecular flexibility index (Phi) is 5.39. The molecule has 5 aromatic carbocycles. The van der Waals surface area contributed by atoms with Gasteiger partial charge in [-0.1, -0.05) is 65.8 Å². The Morgan fingerprint density at radius 2 is 0.792 bits per heavy atom. The van der Waals surface area contributed by atoms with Crippen molar-refractivity contribution in [1.29, 1.82) is 0 Å². The highest BCUT2D eigenvalue weighted by molar-refractivity contribution is 6.13. The van der Waals surface area contributed by atoms with Crippen LogP contribution in [0.1, 0.15) is 52.7 Å². The Morgan fingerprint density at radius 1 is 0.375 bits per heavy atom. The second-order valence-electron chi connectivity index (χ2n) is 15.2. The van der Waals surface area contributed by atoms with Crippen molar-refractivity contribution in [3.8, 4) is 0 Å². The van der Waals surface area contributed by atoms with E-state index in [1.54, 1.807) is 24.3 Å². The van der Waals surface area contributed by atoms with Gasteiger partial charge in [0, 0.05) is 43.1 Å². The van der Waals surface area contributed by atoms with Gasteiger partial charge in [0.1, 0.15) is 0 Å². The first-order valence-corrected chi connectivity index (χ1v) is 16.3. The number of hydrogen-bond donors (Lipinski definition) is 0. The van der Waals surface area contributed by atoms with Crippen LogP contribution in [0.3, 0.4) is 0 Å². The van der Waals surface area contributed by atoms with Crippen molar-refractivity contribution in [2.45, 2.75) is 52.4 Å². The summed E-state index contributed by atoms with van der Waals surface area (Å²) in [4.78, 5) is 57.1. The molecule has 0 aliphatic heterocycles. The van der Waals surface area contributed by atoms with Gasteiger partial charge >= 0.3 is 0 Å². The Bertz CT molecular complexity index is 3160. The molecule has 6 nitrogen and oxygen atoms in total. The number of fused-ring (bicyclic) bond motifs is 8. The van der Waals surface area contributed by atoms with E-state index < -0.39 is 0 Å². The van der Waals surface area contributed by atoms with Crippen LogP contribution in [-0.2, 0) is 10.8 Å². The van der Waals surface area contributed by atoms with E-state index in [4.69, 9.17) is 0 Å². The van der Waals surface area contributed by atoms with Crippen LogP contribution in [0.4, 0.5) is 0 Å². The van der Waals surface area contributed by atoms with Crippen LogP contribution in [0, 0.1) is 0 Å². The standard InChI is InChI=1S/C42H32N2O4/c1-41(2,3)21-14-15-32-26(16-21)38(46)24-11-9-12-25-35(24)44(32)33-20-28-34(19-27(33)39(25)47)43-31-13-8-7-10-23(31)37(45)29-17-22(42(4,5)6)18-30(36(29)43)40(28)48/h7-20H,1-6H3. The Hall–Kier alpha value is -5.62. The highest BCUT2D eigenvalue weighted by Crippen LogP contribution is 2.35. The molecule has 0 aliphatic rings. The van der Waals surface area contributed by atoms with Crippen LogP contribution in [0.15, 0.2) is 104 Å². The van der Waals surface area contributed by atoms with Gasteiger partial charge in [0.15, 0.2) is 21.7 Å². The van der Waals surface area contributed by atoms with E-state index in [0.29, 0.717) is 76.2 Å². The zero-order valence-corrected chi connectivity index (χ0v) is 27.6. The molecule has 9 aromatic rings. The first kappa shape index (κ1) is 28.6. The maximum atomic E-state index is 14.7. The molecular weight excluding hydrogens is 596 g/mol. The lowest BCUT2D eigenvalue weighted by molar-refractivity contribution is 0.591. The normalized spacial score (nSPS) is 13.1. The number of para-hydroxylation sites is 2. The molecule has 0 atom stereocenters. The lowest BCUT2D eigenvalue weighted by Crippen LogP contribution is -2.19. The van der Waals surface area contributed by atoms with Crippen LogP contribution < -0.4 is 21.7 Å². The molecule has 6 heteroatoms. The molecule has 0 amide bonds. The highest BCUT2D eigenvalue weighted by atomic mass is 16.1. The minimum Gasteiger partial charge on any atom is -0.307 e. The summed E-state index contributed by atoms with van der Waals surface area (Å²) >= 11 is 0. The topological polar surface area (TPSA) is 77.1 Å². The quantitative estimate of drug-likeness (QED) is 0.126. The van der Waals surface area contributed by atoms with Crippen molar-refractivity contribution in [2.24, 2.45) is 0 Å². The van der Waals surface area contributed by atoms with Crippen molar-refractivity contribution in [1.82, 2.24) is 8.80 Å². The summed E-state index contributed by atoms with van der Waals surface area (Å²) in [7, 11) is 0. The summed E-state index contributed by atoms with van der Waals surface area (Å²) in [5.74, 6) is 0. The largest absolute Gasteiger partial charge is 0.307 e. The van der Waals surface area contributed by atoms with E-state index in [2.05, 4.69) is 41.5 Å². The van der Waals surface area contributed by atoms with E-state index in [9.17, 15) is 19.2 Å². The predicted octanol–water partition coefficient (Wildman–Crippen LogP) is 8.02. The fourth-order valence-corrected chi connectivity index (χ4v) is 7.68. The third-order valence-corrected chi connectivity index (χ3v) is 10.3. The Balaban J connectivity index is 1.60. The lowest BCUT2D eigenvalue weighted by atomic mass is 9.85. The van der Waals surface area contributed by atoms with E-state index >= 15 is 0 Å². The maximum absolute atomic E-state index is 14.7. The van der Waals surface area contributed by atoms with Gasteiger partial charge < -0.3 is 8.80 Å². The van der Waals surface area contributed by atoms with Gasteiger partial charge in [0.25, 0.3) is 0 Å². The molecule has 0 N–H and O–H groups in total. The van der Waals surface area contributed by atoms with Gasteiger partial charge in [-0.15, -0.1) is 0 Å². The molecule has 0 fully saturated rings. The lowest BCUT2D eigenvalue weighted by Gasteiger charge is -2.22. The van der Waals surface area contributed by atoms with Crippen LogP contribution in [-0.4, -0.2) is 8.80 Å². The van der Waals surface area contributed by atoms with Gasteiger partial charge in [0.2, 0.25) is 0 Å². The van der Waals surface area contributed by atoms with Crippen LogP contribution in [0.25, 0.3) is 76.2 Å². The van der Waals surface area contributed by atoms with Crippen molar-refractivity contribution in [2.75, 3.05) is 0 Å². The van der Waals surface area contributed by atoms with Gasteiger partial charge in [-0.3, -0.25) is 19.2 Å². The van der Waals surface area contributed by atoms with E-state index in [-0.39, 0.29) is 32.5 Å². The number of hydrogen-bond acceptors (Lipinski definition) is 4. The average molecular weight is 629 g/mol. The first-order chi connectivity index (χ1) is 22.8. The fourth-order valence-electron chi connectivity index (χ4n) is 7.68. The molecular formula is C42H32N2O4. The van der Waals surface area contributed by atoms with E-state index in [1.165, 1.54) is 0 Å². The first-order valence-electron chi connectivity index (χ1n) is 16.3. The molecule has 0 spiro atoms. The molecule has 0 bridgehead atoms. The Morgan fingerprint density at radius 3 is 1.35 bits per heavy atom. The van der Waals surface area contributed by atoms with E-state index in [1.807, 2.05) is 69.5 Å². The second-order valence-corrected chi connectivity index (χ2v) is 15.2. The minimum atomic E-state index is -0.313. The average Bonchev–Trinajstić information content (AvgIpc) is 3.06. The third kappa shape index (κ3) is 3.57. The molecule has 0 aliphatic carbocycles. The number of nitrogens with zero attached hydrogens (tertiary/aromatic N) is 2. The molecule has 0 unspecified atom stereocenters. The number of benzene rings is 5. The molecule has 4 aromatic heterocycles. The summed E-state index contributed by atoms with van der Waals surface area (Å²) in [5.41, 5.74) is 4.32. The zero-order valence-electron chi connectivity index (χ0n) is 27.6. The summed E-state index contributed by atoms with van der Waals surface area (Å²) in [6.07, 6.45) is 0. The summed E-state index contributed by atoms with van der Waals surface area (Å²) in [6, 6.07) is 26.1. The van der Waals surface area contributed by atoms with Crippen molar-refractivity contribution >= 4 is 76.2 Å². The van der Waals surface area contributed by atoms with Gasteiger partial charge in [-0.2, -0.15) is 0 Å². The third-order valence-electron chi connectivity index (χ3n) is 10.3. The molecule has 4 heterocycles.